The van der Waals surface area contributed by atoms with E-state index in [1.54, 1.807) is 66.9 Å². The van der Waals surface area contributed by atoms with E-state index in [-0.39, 0.29) is 50.9 Å². The first-order valence-electron chi connectivity index (χ1n) is 27.4. The number of H-pyrrole nitrogens is 1. The summed E-state index contributed by atoms with van der Waals surface area (Å²) < 4.78 is 0. The van der Waals surface area contributed by atoms with Crippen LogP contribution >= 0.6 is 12.6 Å². The summed E-state index contributed by atoms with van der Waals surface area (Å²) in [7, 11) is 0. The fourth-order valence-electron chi connectivity index (χ4n) is 9.64. The van der Waals surface area contributed by atoms with Gasteiger partial charge < -0.3 is 83.7 Å². The number of rotatable bonds is 30. The van der Waals surface area contributed by atoms with E-state index in [2.05, 4.69) is 65.5 Å². The molecule has 0 unspecified atom stereocenters. The van der Waals surface area contributed by atoms with Crippen molar-refractivity contribution >= 4 is 94.5 Å². The maximum Gasteiger partial charge on any atom is 0.327 e. The van der Waals surface area contributed by atoms with Gasteiger partial charge in [-0.25, -0.2) is 4.79 Å². The van der Waals surface area contributed by atoms with Crippen LogP contribution in [0.25, 0.3) is 10.9 Å². The van der Waals surface area contributed by atoms with Crippen LogP contribution < -0.4 is 53.6 Å². The summed E-state index contributed by atoms with van der Waals surface area (Å²) in [5.41, 5.74) is 8.53. The second kappa shape index (κ2) is 32.2. The van der Waals surface area contributed by atoms with Crippen LogP contribution in [-0.2, 0) is 76.8 Å². The molecule has 85 heavy (non-hydrogen) atoms. The Bertz CT molecular complexity index is 3040. The lowest BCUT2D eigenvalue weighted by Crippen LogP contribution is -2.59. The van der Waals surface area contributed by atoms with Crippen LogP contribution in [-0.4, -0.2) is 208 Å². The number of aliphatic carboxylic acids is 1. The topological polar surface area (TPSA) is 422 Å². The zero-order valence-corrected chi connectivity index (χ0v) is 47.1. The highest BCUT2D eigenvalue weighted by molar-refractivity contribution is 7.80. The number of aliphatic hydroxyl groups excluding tert-OH is 2. The van der Waals surface area contributed by atoms with E-state index in [0.717, 1.165) is 10.9 Å². The number of amides is 11. The second-order valence-electron chi connectivity index (χ2n) is 20.2. The van der Waals surface area contributed by atoms with Gasteiger partial charge in [-0.15, -0.1) is 0 Å². The van der Waals surface area contributed by atoms with Crippen LogP contribution in [0.1, 0.15) is 42.4 Å². The number of nitrogens with one attached hydrogen (secondary N) is 10. The molecule has 6 rings (SSSR count). The van der Waals surface area contributed by atoms with Gasteiger partial charge in [0, 0.05) is 55.2 Å². The Labute approximate surface area is 493 Å². The largest absolute Gasteiger partial charge is 0.480 e. The molecule has 0 saturated carbocycles. The van der Waals surface area contributed by atoms with E-state index in [9.17, 15) is 67.7 Å². The molecule has 3 aromatic carbocycles. The van der Waals surface area contributed by atoms with Crippen molar-refractivity contribution in [3.8, 4) is 0 Å². The molecule has 29 heteroatoms. The highest BCUT2D eigenvalue weighted by Crippen LogP contribution is 2.23. The van der Waals surface area contributed by atoms with Crippen LogP contribution in [0.2, 0.25) is 0 Å². The molecule has 0 aliphatic carbocycles. The molecule has 4 aromatic rings. The predicted octanol–water partition coefficient (Wildman–Crippen LogP) is -4.61. The normalized spacial score (nSPS) is 16.7. The molecule has 0 spiro atoms. The Hall–Kier alpha value is -8.93. The number of carboxylic acids is 1. The summed E-state index contributed by atoms with van der Waals surface area (Å²) in [6, 6.07) is 14.6. The molecule has 8 atom stereocenters. The molecular formula is C56H71N13O15S. The van der Waals surface area contributed by atoms with Crippen LogP contribution in [0, 0.1) is 0 Å². The summed E-state index contributed by atoms with van der Waals surface area (Å²) in [6.45, 7) is -3.88. The Balaban J connectivity index is 1.05. The first kappa shape index (κ1) is 65.2. The first-order valence-corrected chi connectivity index (χ1v) is 28.1. The maximum atomic E-state index is 14.7. The van der Waals surface area contributed by atoms with Gasteiger partial charge in [0.05, 0.1) is 39.4 Å². The summed E-state index contributed by atoms with van der Waals surface area (Å²) >= 11 is 3.84. The Morgan fingerprint density at radius 3 is 1.64 bits per heavy atom. The Morgan fingerprint density at radius 1 is 0.541 bits per heavy atom. The first-order chi connectivity index (χ1) is 40.8. The Kier molecular flexibility index (Phi) is 24.7. The van der Waals surface area contributed by atoms with Crippen molar-refractivity contribution in [2.45, 2.75) is 93.3 Å². The van der Waals surface area contributed by atoms with E-state index in [0.29, 0.717) is 29.5 Å². The molecule has 2 aliphatic heterocycles. The smallest absolute Gasteiger partial charge is 0.327 e. The zero-order chi connectivity index (χ0) is 61.6. The molecule has 11 amide bonds. The number of carbonyl (C=O) groups is 12. The van der Waals surface area contributed by atoms with E-state index in [4.69, 9.17) is 10.8 Å². The number of nitrogens with zero attached hydrogens (tertiary/aromatic N) is 2. The number of para-hydroxylation sites is 1. The van der Waals surface area contributed by atoms with Crippen LogP contribution in [0.3, 0.4) is 0 Å². The number of nitrogens with two attached hydrogens (primary N) is 1. The van der Waals surface area contributed by atoms with Crippen molar-refractivity contribution in [3.63, 3.8) is 0 Å². The van der Waals surface area contributed by atoms with Crippen molar-refractivity contribution in [2.75, 3.05) is 58.2 Å². The molecule has 15 N–H and O–H groups in total. The highest BCUT2D eigenvalue weighted by atomic mass is 32.1. The number of likely N-dealkylation sites (tertiary alicyclic amines) is 2. The number of thiol groups is 1. The van der Waals surface area contributed by atoms with Gasteiger partial charge in [0.15, 0.2) is 0 Å². The number of benzene rings is 3. The van der Waals surface area contributed by atoms with Crippen LogP contribution in [0.15, 0.2) is 91.1 Å². The molecule has 456 valence electrons. The fourth-order valence-corrected chi connectivity index (χ4v) is 9.88. The minimum Gasteiger partial charge on any atom is -0.480 e. The van der Waals surface area contributed by atoms with Gasteiger partial charge in [-0.3, -0.25) is 52.7 Å². The minimum absolute atomic E-state index is 0.00359. The van der Waals surface area contributed by atoms with Gasteiger partial charge in [-0.1, -0.05) is 78.9 Å². The Morgan fingerprint density at radius 2 is 1.05 bits per heavy atom. The summed E-state index contributed by atoms with van der Waals surface area (Å²) in [4.78, 5) is 165. The predicted molar refractivity (Wildman–Crippen MR) is 307 cm³/mol. The molecule has 0 radical (unpaired) electrons. The van der Waals surface area contributed by atoms with Crippen molar-refractivity contribution in [2.24, 2.45) is 5.73 Å². The molecule has 1 aromatic heterocycles. The zero-order valence-electron chi connectivity index (χ0n) is 46.3. The maximum absolute atomic E-state index is 14.7. The van der Waals surface area contributed by atoms with Gasteiger partial charge in [0.2, 0.25) is 65.0 Å². The average Bonchev–Trinajstić information content (AvgIpc) is 4.22. The third-order valence-electron chi connectivity index (χ3n) is 14.2. The van der Waals surface area contributed by atoms with Gasteiger partial charge >= 0.3 is 5.97 Å². The van der Waals surface area contributed by atoms with E-state index in [1.165, 1.54) is 9.80 Å². The number of aromatic amines is 1. The number of hydrogen-bond acceptors (Lipinski definition) is 16. The van der Waals surface area contributed by atoms with Crippen molar-refractivity contribution in [1.82, 2.24) is 62.6 Å². The van der Waals surface area contributed by atoms with E-state index < -0.39 is 159 Å². The molecule has 28 nitrogen and oxygen atoms in total. The molecular weight excluding hydrogens is 1130 g/mol. The lowest BCUT2D eigenvalue weighted by molar-refractivity contribution is -0.143. The summed E-state index contributed by atoms with van der Waals surface area (Å²) in [5, 5.41) is 50.9. The van der Waals surface area contributed by atoms with Gasteiger partial charge in [0.25, 0.3) is 0 Å². The quantitative estimate of drug-likeness (QED) is 0.0219. The lowest BCUT2D eigenvalue weighted by Gasteiger charge is -2.31. The van der Waals surface area contributed by atoms with Gasteiger partial charge in [-0.2, -0.15) is 12.6 Å². The van der Waals surface area contributed by atoms with Gasteiger partial charge in [0.1, 0.15) is 48.3 Å². The fraction of sp³-hybridized carbons (Fsp3) is 0.429. The van der Waals surface area contributed by atoms with Crippen molar-refractivity contribution in [1.29, 1.82) is 0 Å². The summed E-state index contributed by atoms with van der Waals surface area (Å²) in [6.07, 6.45) is 2.86. The highest BCUT2D eigenvalue weighted by Gasteiger charge is 2.41. The number of fused-ring (bicyclic) bond motifs is 1. The van der Waals surface area contributed by atoms with Crippen LogP contribution in [0.4, 0.5) is 0 Å². The number of hydrogen-bond donors (Lipinski definition) is 15. The average molecular weight is 1200 g/mol. The molecule has 0 bridgehead atoms. The third kappa shape index (κ3) is 19.0. The second-order valence-corrected chi connectivity index (χ2v) is 20.6. The lowest BCUT2D eigenvalue weighted by atomic mass is 10.0. The molecule has 3 heterocycles. The van der Waals surface area contributed by atoms with Gasteiger partial charge in [-0.05, 0) is 48.4 Å². The molecule has 2 fully saturated rings. The van der Waals surface area contributed by atoms with Crippen LogP contribution in [0.5, 0.6) is 0 Å². The number of aliphatic hydroxyl groups is 2. The van der Waals surface area contributed by atoms with Crippen molar-refractivity contribution < 1.29 is 72.9 Å². The standard InChI is InChI=1S/C56H71N13O15S/c57-36(29-70)49(76)64-39(23-34-24-58-37-16-8-7-15-35(34)37)51(78)62-28-48(75)68-19-9-17-43(68)53(80)66-40(22-33-13-5-2-6-14-33)55(82)69-20-10-18-44(69)54(81)65-38(21-32-11-3-1-4-12-32)50(77)61-26-46(73)59-25-45(72)60-27-47(74)63-41(30-71)52(79)67-42(31-85)56(83)84/h1-8,11-16,24,36,38-44,58,70-71,85H,9-10,17-23,25-31,57H2,(H,59,73)(H,60,72)(H,61,77)(H,62,78)(H,63,74)(H,64,76)(H,65,81)(H,66,80)(H,67,79)(H,83,84)/t36-,38-,39-,40-,41-,42-,43-,44-/m0/s1. The van der Waals surface area contributed by atoms with E-state index in [1.807, 2.05) is 24.3 Å². The number of aromatic nitrogens is 1. The number of carboxylic acid groups (broad SMARTS) is 1. The third-order valence-corrected chi connectivity index (χ3v) is 14.5. The molecule has 2 aliphatic rings. The number of carbonyl (C=O) groups excluding carboxylic acids is 11. The summed E-state index contributed by atoms with van der Waals surface area (Å²) in [5.74, 6) is -10.2. The van der Waals surface area contributed by atoms with Crippen molar-refractivity contribution in [3.05, 3.63) is 108 Å². The molecule has 2 saturated heterocycles. The SMILES string of the molecule is N[C@@H](CO)C(=O)N[C@@H](Cc1c[nH]c2ccccc12)C(=O)NCC(=O)N1CCC[C@H]1C(=O)N[C@@H](Cc1ccccc1)C(=O)N1CCC[C@H]1C(=O)N[C@@H](Cc1ccccc1)C(=O)NCC(=O)NCC(=O)NCC(=O)N[C@@H](CO)C(=O)N[C@@H](CS)C(=O)O. The minimum atomic E-state index is -1.55. The monoisotopic (exact) mass is 1200 g/mol. The van der Waals surface area contributed by atoms with E-state index >= 15 is 0 Å².